The van der Waals surface area contributed by atoms with E-state index in [9.17, 15) is 4.79 Å². The molecule has 1 heterocycles. The number of rotatable bonds is 4. The maximum absolute atomic E-state index is 10.8. The van der Waals surface area contributed by atoms with E-state index in [0.717, 1.165) is 0 Å². The van der Waals surface area contributed by atoms with Gasteiger partial charge in [0.1, 0.15) is 12.3 Å². The number of nitrogens with zero attached hydrogens (tertiary/aromatic N) is 2. The van der Waals surface area contributed by atoms with E-state index in [2.05, 4.69) is 10.1 Å². The Kier molecular flexibility index (Phi) is 3.41. The van der Waals surface area contributed by atoms with Crippen molar-refractivity contribution in [2.45, 2.75) is 6.92 Å². The van der Waals surface area contributed by atoms with Crippen LogP contribution in [0.3, 0.4) is 0 Å². The van der Waals surface area contributed by atoms with Crippen molar-refractivity contribution in [1.29, 1.82) is 0 Å². The van der Waals surface area contributed by atoms with E-state index in [1.165, 1.54) is 11.3 Å². The molecular formula is C7H9N4O2S. The topological polar surface area (TPSA) is 101 Å². The highest BCUT2D eigenvalue weighted by Gasteiger charge is 2.15. The summed E-state index contributed by atoms with van der Waals surface area (Å²) in [6.07, 6.45) is 0. The third-order valence-corrected chi connectivity index (χ3v) is 1.94. The van der Waals surface area contributed by atoms with Gasteiger partial charge in [-0.1, -0.05) is 5.16 Å². The van der Waals surface area contributed by atoms with E-state index in [1.807, 2.05) is 0 Å². The van der Waals surface area contributed by atoms with Crippen molar-refractivity contribution in [1.82, 2.24) is 10.7 Å². The van der Waals surface area contributed by atoms with Crippen molar-refractivity contribution in [3.8, 4) is 0 Å². The van der Waals surface area contributed by atoms with E-state index >= 15 is 0 Å². The van der Waals surface area contributed by atoms with Gasteiger partial charge in [-0.25, -0.2) is 4.98 Å². The third-order valence-electron chi connectivity index (χ3n) is 1.26. The number of carbonyl (C=O) groups excluding carboxylic acids is 1. The van der Waals surface area contributed by atoms with Gasteiger partial charge >= 0.3 is 0 Å². The number of nitrogens with one attached hydrogen (secondary N) is 1. The lowest BCUT2D eigenvalue weighted by Gasteiger charge is -1.96. The lowest BCUT2D eigenvalue weighted by Crippen LogP contribution is -2.17. The Bertz CT molecular complexity index is 360. The first-order valence-electron chi connectivity index (χ1n) is 3.82. The molecule has 1 radical (unpaired) electrons. The molecule has 0 saturated carbocycles. The van der Waals surface area contributed by atoms with Gasteiger partial charge in [0, 0.05) is 5.38 Å². The minimum atomic E-state index is -0.941. The number of anilines is 1. The minimum absolute atomic E-state index is 0.125. The number of aromatic nitrogens is 1. The summed E-state index contributed by atoms with van der Waals surface area (Å²) < 4.78 is 0. The molecule has 0 fully saturated rings. The van der Waals surface area contributed by atoms with Crippen molar-refractivity contribution in [3.63, 3.8) is 0 Å². The van der Waals surface area contributed by atoms with E-state index in [-0.39, 0.29) is 11.4 Å². The number of oxime groups is 1. The van der Waals surface area contributed by atoms with Crippen LogP contribution in [0.1, 0.15) is 12.6 Å². The van der Waals surface area contributed by atoms with Crippen LogP contribution in [0.4, 0.5) is 5.13 Å². The highest BCUT2D eigenvalue weighted by molar-refractivity contribution is 7.13. The minimum Gasteiger partial charge on any atom is -0.395 e. The summed E-state index contributed by atoms with van der Waals surface area (Å²) in [6.45, 7) is 2.06. The van der Waals surface area contributed by atoms with Crippen LogP contribution in [0, 0.1) is 0 Å². The van der Waals surface area contributed by atoms with Crippen LogP contribution in [0.15, 0.2) is 10.5 Å². The van der Waals surface area contributed by atoms with E-state index in [4.69, 9.17) is 16.3 Å². The zero-order valence-electron chi connectivity index (χ0n) is 7.48. The Morgan fingerprint density at radius 1 is 1.86 bits per heavy atom. The van der Waals surface area contributed by atoms with Crippen LogP contribution in [0.2, 0.25) is 0 Å². The predicted octanol–water partition coefficient (Wildman–Crippen LogP) is 0.275. The van der Waals surface area contributed by atoms with Gasteiger partial charge in [0.15, 0.2) is 10.8 Å². The molecule has 0 atom stereocenters. The Hall–Kier alpha value is -1.63. The molecule has 3 N–H and O–H groups in total. The average molecular weight is 213 g/mol. The first kappa shape index (κ1) is 10.5. The van der Waals surface area contributed by atoms with Gasteiger partial charge in [-0.15, -0.1) is 11.3 Å². The maximum Gasteiger partial charge on any atom is 0.294 e. The first-order chi connectivity index (χ1) is 6.65. The number of thiazole rings is 1. The lowest BCUT2D eigenvalue weighted by molar-refractivity contribution is -0.112. The van der Waals surface area contributed by atoms with E-state index < -0.39 is 5.91 Å². The zero-order chi connectivity index (χ0) is 10.6. The van der Waals surface area contributed by atoms with Crippen LogP contribution < -0.4 is 11.5 Å². The Balaban J connectivity index is 2.94. The van der Waals surface area contributed by atoms with Crippen molar-refractivity contribution in [3.05, 3.63) is 11.1 Å². The van der Waals surface area contributed by atoms with Crippen LogP contribution >= 0.6 is 11.3 Å². The quantitative estimate of drug-likeness (QED) is 0.573. The smallest absolute Gasteiger partial charge is 0.294 e. The maximum atomic E-state index is 10.8. The second-order valence-corrected chi connectivity index (χ2v) is 3.15. The normalized spacial score (nSPS) is 11.4. The summed E-state index contributed by atoms with van der Waals surface area (Å²) in [6, 6.07) is 0. The molecule has 1 amide bonds. The summed E-state index contributed by atoms with van der Waals surface area (Å²) in [5, 5.41) is 5.37. The Morgan fingerprint density at radius 3 is 3.00 bits per heavy atom. The van der Waals surface area contributed by atoms with Gasteiger partial charge in [-0.05, 0) is 6.92 Å². The average Bonchev–Trinajstić information content (AvgIpc) is 2.52. The number of carbonyl (C=O) groups is 1. The summed E-state index contributed by atoms with van der Waals surface area (Å²) >= 11 is 1.18. The van der Waals surface area contributed by atoms with Gasteiger partial charge in [-0.2, -0.15) is 0 Å². The molecule has 1 aromatic heterocycles. The monoisotopic (exact) mass is 213 g/mol. The molecule has 14 heavy (non-hydrogen) atoms. The van der Waals surface area contributed by atoms with Crippen molar-refractivity contribution in [2.24, 2.45) is 5.16 Å². The van der Waals surface area contributed by atoms with Gasteiger partial charge in [0.05, 0.1) is 0 Å². The van der Waals surface area contributed by atoms with Crippen LogP contribution in [0.5, 0.6) is 0 Å². The van der Waals surface area contributed by atoms with Crippen LogP contribution in [-0.2, 0) is 9.63 Å². The number of amides is 1. The second kappa shape index (κ2) is 4.56. The molecule has 75 valence electrons. The van der Waals surface area contributed by atoms with Gasteiger partial charge < -0.3 is 10.6 Å². The molecule has 6 nitrogen and oxygen atoms in total. The SMILES string of the molecule is CCO/N=C(/C([NH])=O)c1csc(N)n1. The largest absolute Gasteiger partial charge is 0.395 e. The van der Waals surface area contributed by atoms with Gasteiger partial charge in [0.2, 0.25) is 0 Å². The third kappa shape index (κ3) is 2.43. The molecule has 0 aromatic carbocycles. The highest BCUT2D eigenvalue weighted by atomic mass is 32.1. The molecule has 0 spiro atoms. The highest BCUT2D eigenvalue weighted by Crippen LogP contribution is 2.12. The number of nitrogens with two attached hydrogens (primary N) is 1. The summed E-state index contributed by atoms with van der Waals surface area (Å²) in [5.41, 5.74) is 12.5. The van der Waals surface area contributed by atoms with Crippen molar-refractivity contribution >= 4 is 28.1 Å². The second-order valence-electron chi connectivity index (χ2n) is 2.26. The molecule has 7 heteroatoms. The van der Waals surface area contributed by atoms with Crippen molar-refractivity contribution in [2.75, 3.05) is 12.3 Å². The number of hydrogen-bond acceptors (Lipinski definition) is 6. The Labute approximate surface area is 84.6 Å². The molecule has 0 unspecified atom stereocenters. The summed E-state index contributed by atoms with van der Waals surface area (Å²) in [7, 11) is 0. The van der Waals surface area contributed by atoms with Gasteiger partial charge in [-0.3, -0.25) is 10.5 Å². The molecule has 0 bridgehead atoms. The fraction of sp³-hybridized carbons (Fsp3) is 0.286. The molecule has 1 rings (SSSR count). The fourth-order valence-corrected chi connectivity index (χ4v) is 1.28. The molecule has 0 aliphatic rings. The molecule has 0 aliphatic carbocycles. The molecule has 1 aromatic rings. The fourth-order valence-electron chi connectivity index (χ4n) is 0.730. The first-order valence-corrected chi connectivity index (χ1v) is 4.70. The number of nitrogen functional groups attached to an aromatic ring is 1. The summed E-state index contributed by atoms with van der Waals surface area (Å²) in [4.78, 5) is 19.4. The molecule has 0 aliphatic heterocycles. The molecular weight excluding hydrogens is 204 g/mol. The number of hydrogen-bond donors (Lipinski definition) is 1. The standard InChI is InChI=1S/C7H9N4O2S/c1-2-13-11-5(6(8)12)4-3-14-7(9)10-4/h3,8H,2H2,1H3,(H2,9,10)/b11-5+. The van der Waals surface area contributed by atoms with E-state index in [0.29, 0.717) is 11.7 Å². The van der Waals surface area contributed by atoms with Crippen LogP contribution in [-0.4, -0.2) is 23.2 Å². The van der Waals surface area contributed by atoms with Crippen LogP contribution in [0.25, 0.3) is 0 Å². The lowest BCUT2D eigenvalue weighted by atomic mass is 10.3. The van der Waals surface area contributed by atoms with Gasteiger partial charge in [0.25, 0.3) is 5.91 Å². The van der Waals surface area contributed by atoms with E-state index in [1.54, 1.807) is 12.3 Å². The van der Waals surface area contributed by atoms with Crippen molar-refractivity contribution < 1.29 is 9.63 Å². The summed E-state index contributed by atoms with van der Waals surface area (Å²) in [5.74, 6) is -0.941. The zero-order valence-corrected chi connectivity index (χ0v) is 8.30. The predicted molar refractivity (Wildman–Crippen MR) is 52.8 cm³/mol. The Morgan fingerprint density at radius 2 is 2.57 bits per heavy atom. The molecule has 0 saturated heterocycles.